The lowest BCUT2D eigenvalue weighted by molar-refractivity contribution is 0.0428. The van der Waals surface area contributed by atoms with Gasteiger partial charge in [0.05, 0.1) is 5.60 Å². The standard InChI is InChI=1S/C15H22N2O4/c1-10(2)7-8-15(3,21)9-16-13(18)11-5-4-6-12(17-11)14(19)20/h4-6,10,21H,7-9H2,1-3H3,(H,16,18)(H,19,20). The van der Waals surface area contributed by atoms with Gasteiger partial charge >= 0.3 is 5.97 Å². The quantitative estimate of drug-likeness (QED) is 0.710. The Kier molecular flexibility index (Phi) is 5.84. The first kappa shape index (κ1) is 17.1. The van der Waals surface area contributed by atoms with E-state index >= 15 is 0 Å². The molecule has 1 aromatic rings. The molecule has 0 aliphatic carbocycles. The number of amides is 1. The topological polar surface area (TPSA) is 99.5 Å². The molecule has 0 bridgehead atoms. The van der Waals surface area contributed by atoms with Crippen molar-refractivity contribution in [1.29, 1.82) is 0 Å². The molecule has 1 unspecified atom stereocenters. The van der Waals surface area contributed by atoms with Crippen LogP contribution in [-0.4, -0.2) is 39.2 Å². The largest absolute Gasteiger partial charge is 0.477 e. The van der Waals surface area contributed by atoms with Crippen LogP contribution in [0, 0.1) is 5.92 Å². The van der Waals surface area contributed by atoms with Gasteiger partial charge in [0, 0.05) is 6.54 Å². The number of aliphatic hydroxyl groups is 1. The van der Waals surface area contributed by atoms with Crippen molar-refractivity contribution in [3.8, 4) is 0 Å². The van der Waals surface area contributed by atoms with E-state index in [0.717, 1.165) is 6.42 Å². The van der Waals surface area contributed by atoms with Gasteiger partial charge in [-0.15, -0.1) is 0 Å². The van der Waals surface area contributed by atoms with E-state index in [4.69, 9.17) is 5.11 Å². The van der Waals surface area contributed by atoms with Gasteiger partial charge in [0.15, 0.2) is 0 Å². The summed E-state index contributed by atoms with van der Waals surface area (Å²) in [5.41, 5.74) is -1.16. The fourth-order valence-electron chi connectivity index (χ4n) is 1.73. The van der Waals surface area contributed by atoms with E-state index in [9.17, 15) is 14.7 Å². The summed E-state index contributed by atoms with van der Waals surface area (Å²) >= 11 is 0. The van der Waals surface area contributed by atoms with Crippen molar-refractivity contribution in [3.05, 3.63) is 29.6 Å². The first-order chi connectivity index (χ1) is 9.71. The van der Waals surface area contributed by atoms with Gasteiger partial charge in [-0.25, -0.2) is 9.78 Å². The van der Waals surface area contributed by atoms with Gasteiger partial charge in [-0.3, -0.25) is 4.79 Å². The second-order valence-corrected chi connectivity index (χ2v) is 5.83. The SMILES string of the molecule is CC(C)CCC(C)(O)CNC(=O)c1cccc(C(=O)O)n1. The number of rotatable bonds is 7. The summed E-state index contributed by atoms with van der Waals surface area (Å²) in [4.78, 5) is 26.5. The van der Waals surface area contributed by atoms with E-state index < -0.39 is 17.5 Å². The minimum absolute atomic E-state index is 0.0227. The van der Waals surface area contributed by atoms with Crippen LogP contribution in [0.15, 0.2) is 18.2 Å². The lowest BCUT2D eigenvalue weighted by atomic mass is 9.95. The zero-order valence-electron chi connectivity index (χ0n) is 12.6. The van der Waals surface area contributed by atoms with E-state index in [1.807, 2.05) is 0 Å². The van der Waals surface area contributed by atoms with Crippen LogP contribution in [0.1, 0.15) is 54.6 Å². The fourth-order valence-corrected chi connectivity index (χ4v) is 1.73. The van der Waals surface area contributed by atoms with Crippen molar-refractivity contribution in [3.63, 3.8) is 0 Å². The van der Waals surface area contributed by atoms with Crippen LogP contribution >= 0.6 is 0 Å². The number of carboxylic acid groups (broad SMARTS) is 1. The summed E-state index contributed by atoms with van der Waals surface area (Å²) in [6.45, 7) is 5.89. The third-order valence-electron chi connectivity index (χ3n) is 3.09. The van der Waals surface area contributed by atoms with Gasteiger partial charge in [-0.2, -0.15) is 0 Å². The third kappa shape index (κ3) is 5.91. The first-order valence-electron chi connectivity index (χ1n) is 6.92. The Balaban J connectivity index is 2.61. The molecule has 6 heteroatoms. The number of aromatic nitrogens is 1. The molecule has 0 radical (unpaired) electrons. The third-order valence-corrected chi connectivity index (χ3v) is 3.09. The Morgan fingerprint density at radius 1 is 1.33 bits per heavy atom. The zero-order valence-corrected chi connectivity index (χ0v) is 12.6. The molecule has 1 amide bonds. The number of pyridine rings is 1. The molecular formula is C15H22N2O4. The second-order valence-electron chi connectivity index (χ2n) is 5.83. The van der Waals surface area contributed by atoms with Crippen LogP contribution in [0.5, 0.6) is 0 Å². The molecule has 0 saturated heterocycles. The minimum atomic E-state index is -1.19. The molecule has 1 atom stereocenters. The highest BCUT2D eigenvalue weighted by Crippen LogP contribution is 2.15. The van der Waals surface area contributed by atoms with Gasteiger partial charge in [-0.05, 0) is 37.8 Å². The number of hydrogen-bond acceptors (Lipinski definition) is 4. The molecule has 0 saturated carbocycles. The Labute approximate surface area is 124 Å². The number of carbonyl (C=O) groups excluding carboxylic acids is 1. The van der Waals surface area contributed by atoms with Gasteiger partial charge in [0.2, 0.25) is 0 Å². The molecule has 0 aromatic carbocycles. The molecular weight excluding hydrogens is 272 g/mol. The van der Waals surface area contributed by atoms with Crippen molar-refractivity contribution >= 4 is 11.9 Å². The number of carbonyl (C=O) groups is 2. The molecule has 0 aliphatic rings. The highest BCUT2D eigenvalue weighted by Gasteiger charge is 2.22. The molecule has 0 aliphatic heterocycles. The number of carboxylic acids is 1. The lowest BCUT2D eigenvalue weighted by Gasteiger charge is -2.24. The predicted molar refractivity (Wildman–Crippen MR) is 78.2 cm³/mol. The molecule has 0 spiro atoms. The van der Waals surface area contributed by atoms with E-state index in [-0.39, 0.29) is 17.9 Å². The molecule has 0 fully saturated rings. The Morgan fingerprint density at radius 2 is 1.95 bits per heavy atom. The molecule has 6 nitrogen and oxygen atoms in total. The summed E-state index contributed by atoms with van der Waals surface area (Å²) in [5, 5.41) is 21.6. The summed E-state index contributed by atoms with van der Waals surface area (Å²) in [6.07, 6.45) is 1.43. The highest BCUT2D eigenvalue weighted by atomic mass is 16.4. The number of hydrogen-bond donors (Lipinski definition) is 3. The normalized spacial score (nSPS) is 13.8. The molecule has 116 valence electrons. The van der Waals surface area contributed by atoms with E-state index in [2.05, 4.69) is 24.1 Å². The fraction of sp³-hybridized carbons (Fsp3) is 0.533. The summed E-state index contributed by atoms with van der Waals surface area (Å²) in [7, 11) is 0. The van der Waals surface area contributed by atoms with Gasteiger partial charge in [0.1, 0.15) is 11.4 Å². The van der Waals surface area contributed by atoms with Crippen LogP contribution in [0.4, 0.5) is 0 Å². The maximum Gasteiger partial charge on any atom is 0.354 e. The van der Waals surface area contributed by atoms with Crippen molar-refractivity contribution in [2.75, 3.05) is 6.54 Å². The van der Waals surface area contributed by atoms with Crippen LogP contribution in [-0.2, 0) is 0 Å². The minimum Gasteiger partial charge on any atom is -0.477 e. The first-order valence-corrected chi connectivity index (χ1v) is 6.92. The van der Waals surface area contributed by atoms with Gasteiger partial charge in [0.25, 0.3) is 5.91 Å². The molecule has 1 aromatic heterocycles. The van der Waals surface area contributed by atoms with Crippen LogP contribution < -0.4 is 5.32 Å². The van der Waals surface area contributed by atoms with Crippen LogP contribution in [0.25, 0.3) is 0 Å². The zero-order chi connectivity index (χ0) is 16.0. The summed E-state index contributed by atoms with van der Waals surface area (Å²) in [6, 6.07) is 4.21. The average molecular weight is 294 g/mol. The van der Waals surface area contributed by atoms with Crippen LogP contribution in [0.3, 0.4) is 0 Å². The van der Waals surface area contributed by atoms with E-state index in [1.54, 1.807) is 6.92 Å². The molecule has 3 N–H and O–H groups in total. The number of aromatic carboxylic acids is 1. The smallest absolute Gasteiger partial charge is 0.354 e. The van der Waals surface area contributed by atoms with Gasteiger partial charge in [-0.1, -0.05) is 19.9 Å². The second kappa shape index (κ2) is 7.17. The van der Waals surface area contributed by atoms with Crippen molar-refractivity contribution in [2.24, 2.45) is 5.92 Å². The van der Waals surface area contributed by atoms with Gasteiger partial charge < -0.3 is 15.5 Å². The maximum atomic E-state index is 11.9. The van der Waals surface area contributed by atoms with E-state index in [1.165, 1.54) is 18.2 Å². The average Bonchev–Trinajstić information content (AvgIpc) is 2.43. The molecule has 21 heavy (non-hydrogen) atoms. The highest BCUT2D eigenvalue weighted by molar-refractivity contribution is 5.94. The van der Waals surface area contributed by atoms with Crippen LogP contribution in [0.2, 0.25) is 0 Å². The Bertz CT molecular complexity index is 512. The summed E-state index contributed by atoms with van der Waals surface area (Å²) < 4.78 is 0. The predicted octanol–water partition coefficient (Wildman–Crippen LogP) is 1.70. The summed E-state index contributed by atoms with van der Waals surface area (Å²) in [5.74, 6) is -1.21. The lowest BCUT2D eigenvalue weighted by Crippen LogP contribution is -2.41. The Morgan fingerprint density at radius 3 is 2.52 bits per heavy atom. The van der Waals surface area contributed by atoms with Crippen molar-refractivity contribution in [1.82, 2.24) is 10.3 Å². The Hall–Kier alpha value is -1.95. The monoisotopic (exact) mass is 294 g/mol. The number of nitrogens with zero attached hydrogens (tertiary/aromatic N) is 1. The number of nitrogens with one attached hydrogen (secondary N) is 1. The van der Waals surface area contributed by atoms with Crippen molar-refractivity contribution < 1.29 is 19.8 Å². The maximum absolute atomic E-state index is 11.9. The van der Waals surface area contributed by atoms with Crippen molar-refractivity contribution in [2.45, 2.75) is 39.2 Å². The molecule has 1 heterocycles. The molecule has 1 rings (SSSR count). The van der Waals surface area contributed by atoms with E-state index in [0.29, 0.717) is 12.3 Å².